The van der Waals surface area contributed by atoms with Crippen molar-refractivity contribution in [3.8, 4) is 17.2 Å². The molecule has 2 aromatic carbocycles. The number of amides is 2. The van der Waals surface area contributed by atoms with E-state index in [0.29, 0.717) is 35.5 Å². The number of alkyl halides is 3. The zero-order chi connectivity index (χ0) is 35.4. The summed E-state index contributed by atoms with van der Waals surface area (Å²) in [6.07, 6.45) is -1.05. The Morgan fingerprint density at radius 3 is 2.62 bits per heavy atom. The van der Waals surface area contributed by atoms with Crippen molar-refractivity contribution in [2.24, 2.45) is 0 Å². The Morgan fingerprint density at radius 1 is 1.08 bits per heavy atom. The van der Waals surface area contributed by atoms with Gasteiger partial charge >= 0.3 is 6.18 Å². The highest BCUT2D eigenvalue weighted by Crippen LogP contribution is 2.35. The van der Waals surface area contributed by atoms with E-state index in [1.807, 2.05) is 19.2 Å². The molecule has 0 spiro atoms. The highest BCUT2D eigenvalue weighted by atomic mass is 32.1. The van der Waals surface area contributed by atoms with Gasteiger partial charge in [0.15, 0.2) is 5.76 Å². The normalized spacial score (nSPS) is 15.9. The summed E-state index contributed by atoms with van der Waals surface area (Å²) in [5.41, 5.74) is 1.95. The number of rotatable bonds is 11. The number of nitrogens with one attached hydrogen (secondary N) is 2. The lowest BCUT2D eigenvalue weighted by Gasteiger charge is -2.25. The maximum absolute atomic E-state index is 13.9. The van der Waals surface area contributed by atoms with Crippen LogP contribution in [0.1, 0.15) is 86.5 Å². The van der Waals surface area contributed by atoms with Crippen molar-refractivity contribution in [1.82, 2.24) is 25.5 Å². The molecule has 1 unspecified atom stereocenters. The van der Waals surface area contributed by atoms with Crippen molar-refractivity contribution < 1.29 is 32.3 Å². The minimum Gasteiger partial charge on any atom is -0.508 e. The number of furan rings is 1. The van der Waals surface area contributed by atoms with Gasteiger partial charge in [-0.25, -0.2) is 9.97 Å². The van der Waals surface area contributed by atoms with Gasteiger partial charge in [-0.2, -0.15) is 13.2 Å². The molecule has 50 heavy (non-hydrogen) atoms. The lowest BCUT2D eigenvalue weighted by Crippen LogP contribution is -2.36. The molecule has 0 radical (unpaired) electrons. The summed E-state index contributed by atoms with van der Waals surface area (Å²) in [5, 5.41) is 19.3. The predicted octanol–water partition coefficient (Wildman–Crippen LogP) is 7.85. The number of phenols is 1. The molecule has 6 rings (SSSR count). The van der Waals surface area contributed by atoms with E-state index in [9.17, 15) is 27.9 Å². The summed E-state index contributed by atoms with van der Waals surface area (Å²) >= 11 is 1.52. The lowest BCUT2D eigenvalue weighted by molar-refractivity contribution is -0.137. The Kier molecular flexibility index (Phi) is 10.3. The van der Waals surface area contributed by atoms with Crippen LogP contribution in [0.2, 0.25) is 0 Å². The first-order chi connectivity index (χ1) is 23.9. The van der Waals surface area contributed by atoms with E-state index >= 15 is 0 Å². The quantitative estimate of drug-likeness (QED) is 0.128. The van der Waals surface area contributed by atoms with Crippen LogP contribution >= 0.6 is 11.3 Å². The highest BCUT2D eigenvalue weighted by Gasteiger charge is 2.34. The molecule has 1 fully saturated rings. The third kappa shape index (κ3) is 8.23. The van der Waals surface area contributed by atoms with Crippen LogP contribution in [0.15, 0.2) is 88.9 Å². The number of hydrogen-bond donors (Lipinski definition) is 3. The molecule has 3 atom stereocenters. The summed E-state index contributed by atoms with van der Waals surface area (Å²) in [6, 6.07) is 17.1. The van der Waals surface area contributed by atoms with Crippen LogP contribution in [0, 0.1) is 6.92 Å². The SMILES string of the molecule is Cc1csc([C@H]2CCCN2C(=O)c2cc(C(=O)N[C@@H](C)CC(NCc3cccc(C(F)(F)F)c3)c3cccc(O)c3)cc(-c3ccco3)n2)n1. The number of aromatic nitrogens is 2. The third-order valence-electron chi connectivity index (χ3n) is 8.56. The molecule has 260 valence electrons. The second kappa shape index (κ2) is 14.9. The maximum atomic E-state index is 13.9. The monoisotopic (exact) mass is 703 g/mol. The number of pyridine rings is 1. The lowest BCUT2D eigenvalue weighted by atomic mass is 9.98. The van der Waals surface area contributed by atoms with Crippen LogP contribution in [-0.4, -0.2) is 44.4 Å². The maximum Gasteiger partial charge on any atom is 0.416 e. The van der Waals surface area contributed by atoms with E-state index in [4.69, 9.17) is 4.42 Å². The summed E-state index contributed by atoms with van der Waals surface area (Å²) in [4.78, 5) is 38.7. The number of aromatic hydroxyl groups is 1. The first-order valence-corrected chi connectivity index (χ1v) is 17.1. The minimum absolute atomic E-state index is 0.0368. The van der Waals surface area contributed by atoms with Gasteiger partial charge in [-0.15, -0.1) is 11.3 Å². The zero-order valence-corrected chi connectivity index (χ0v) is 28.2. The number of likely N-dealkylation sites (tertiary alicyclic amines) is 1. The van der Waals surface area contributed by atoms with Gasteiger partial charge in [0.25, 0.3) is 11.8 Å². The Labute approximate surface area is 291 Å². The first-order valence-electron chi connectivity index (χ1n) is 16.2. The van der Waals surface area contributed by atoms with Crippen LogP contribution in [0.5, 0.6) is 5.75 Å². The molecule has 1 aliphatic rings. The third-order valence-corrected chi connectivity index (χ3v) is 9.63. The van der Waals surface area contributed by atoms with Crippen molar-refractivity contribution in [1.29, 1.82) is 0 Å². The van der Waals surface area contributed by atoms with Crippen LogP contribution in [0.4, 0.5) is 13.2 Å². The number of nitrogens with zero attached hydrogens (tertiary/aromatic N) is 3. The summed E-state index contributed by atoms with van der Waals surface area (Å²) < 4.78 is 45.6. The van der Waals surface area contributed by atoms with E-state index in [-0.39, 0.29) is 35.5 Å². The fourth-order valence-corrected chi connectivity index (χ4v) is 7.10. The fourth-order valence-electron chi connectivity index (χ4n) is 6.16. The second-order valence-electron chi connectivity index (χ2n) is 12.4. The van der Waals surface area contributed by atoms with Crippen LogP contribution in [0.3, 0.4) is 0 Å². The van der Waals surface area contributed by atoms with Crippen molar-refractivity contribution >= 4 is 23.2 Å². The molecule has 2 amide bonds. The average molecular weight is 704 g/mol. The standard InChI is InChI=1S/C37H36F3N5O4S/c1-22(15-29(25-8-4-10-28(46)17-25)41-20-24-7-3-9-27(16-24)37(38,39)40)42-34(47)26-18-30(33-12-6-14-49-33)44-31(19-26)36(48)45-13-5-11-32(45)35-43-23(2)21-50-35/h3-4,6-10,12,14,16-19,21-22,29,32,41,46H,5,11,13,15,20H2,1-2H3,(H,42,47)/t22-,29?,32+/m0/s1. The van der Waals surface area contributed by atoms with Crippen molar-refractivity contribution in [3.05, 3.63) is 123 Å². The van der Waals surface area contributed by atoms with Gasteiger partial charge in [0.1, 0.15) is 22.1 Å². The highest BCUT2D eigenvalue weighted by molar-refractivity contribution is 7.09. The second-order valence-corrected chi connectivity index (χ2v) is 13.3. The smallest absolute Gasteiger partial charge is 0.416 e. The van der Waals surface area contributed by atoms with Gasteiger partial charge in [-0.1, -0.05) is 30.3 Å². The largest absolute Gasteiger partial charge is 0.508 e. The molecule has 1 saturated heterocycles. The predicted molar refractivity (Wildman–Crippen MR) is 182 cm³/mol. The Hall–Kier alpha value is -5.01. The minimum atomic E-state index is -4.47. The van der Waals surface area contributed by atoms with Crippen LogP contribution in [0.25, 0.3) is 11.5 Å². The van der Waals surface area contributed by atoms with E-state index in [1.54, 1.807) is 47.4 Å². The summed E-state index contributed by atoms with van der Waals surface area (Å²) in [5.74, 6) is -0.311. The number of hydrogen-bond acceptors (Lipinski definition) is 8. The fraction of sp³-hybridized carbons (Fsp3) is 0.297. The van der Waals surface area contributed by atoms with E-state index in [0.717, 1.165) is 35.7 Å². The van der Waals surface area contributed by atoms with Crippen LogP contribution < -0.4 is 10.6 Å². The molecule has 0 aliphatic carbocycles. The van der Waals surface area contributed by atoms with E-state index < -0.39 is 29.7 Å². The molecular weight excluding hydrogens is 667 g/mol. The first kappa shape index (κ1) is 34.8. The van der Waals surface area contributed by atoms with Gasteiger partial charge in [0.2, 0.25) is 0 Å². The van der Waals surface area contributed by atoms with Gasteiger partial charge in [-0.3, -0.25) is 9.59 Å². The topological polar surface area (TPSA) is 121 Å². The van der Waals surface area contributed by atoms with Crippen molar-refractivity contribution in [2.45, 2.75) is 64.0 Å². The molecule has 0 bridgehead atoms. The number of carbonyl (C=O) groups excluding carboxylic acids is 2. The summed E-state index contributed by atoms with van der Waals surface area (Å²) in [7, 11) is 0. The molecule has 13 heteroatoms. The van der Waals surface area contributed by atoms with Gasteiger partial charge in [-0.05, 0) is 86.7 Å². The zero-order valence-electron chi connectivity index (χ0n) is 27.4. The van der Waals surface area contributed by atoms with Crippen LogP contribution in [-0.2, 0) is 12.7 Å². The molecule has 4 heterocycles. The molecule has 9 nitrogen and oxygen atoms in total. The van der Waals surface area contributed by atoms with E-state index in [1.165, 1.54) is 35.8 Å². The Bertz CT molecular complexity index is 1960. The molecule has 3 N–H and O–H groups in total. The molecule has 5 aromatic rings. The molecule has 0 saturated carbocycles. The molecular formula is C37H36F3N5O4S. The van der Waals surface area contributed by atoms with Gasteiger partial charge < -0.3 is 25.1 Å². The van der Waals surface area contributed by atoms with E-state index in [2.05, 4.69) is 20.6 Å². The number of phenolic OH excluding ortho intramolecular Hbond substituents is 1. The summed E-state index contributed by atoms with van der Waals surface area (Å²) in [6.45, 7) is 4.38. The number of aryl methyl sites for hydroxylation is 1. The average Bonchev–Trinajstić information content (AvgIpc) is 3.88. The van der Waals surface area contributed by atoms with Crippen molar-refractivity contribution in [2.75, 3.05) is 6.54 Å². The number of thiazole rings is 1. The molecule has 1 aliphatic heterocycles. The Balaban J connectivity index is 1.22. The van der Waals surface area contributed by atoms with Gasteiger partial charge in [0.05, 0.1) is 17.9 Å². The van der Waals surface area contributed by atoms with Crippen molar-refractivity contribution in [3.63, 3.8) is 0 Å². The Morgan fingerprint density at radius 2 is 1.90 bits per heavy atom. The molecule has 3 aromatic heterocycles. The number of carbonyl (C=O) groups is 2. The number of halogens is 3. The van der Waals surface area contributed by atoms with Gasteiger partial charge in [0, 0.05) is 41.8 Å². The number of benzene rings is 2.